The summed E-state index contributed by atoms with van der Waals surface area (Å²) >= 11 is 1.85. The Labute approximate surface area is 153 Å². The number of fused-ring (bicyclic) bond motifs is 1. The van der Waals surface area contributed by atoms with Crippen LogP contribution >= 0.6 is 11.8 Å². The molecule has 0 N–H and O–H groups in total. The van der Waals surface area contributed by atoms with Crippen molar-refractivity contribution in [1.29, 1.82) is 0 Å². The van der Waals surface area contributed by atoms with Gasteiger partial charge in [-0.2, -0.15) is 0 Å². The van der Waals surface area contributed by atoms with Crippen molar-refractivity contribution in [2.24, 2.45) is 5.92 Å². The van der Waals surface area contributed by atoms with E-state index >= 15 is 0 Å². The van der Waals surface area contributed by atoms with Gasteiger partial charge in [0, 0.05) is 35.7 Å². The number of hydrogen-bond donors (Lipinski definition) is 0. The van der Waals surface area contributed by atoms with Gasteiger partial charge in [0.05, 0.1) is 12.3 Å². The quantitative estimate of drug-likeness (QED) is 0.803. The molecule has 6 heteroatoms. The largest absolute Gasteiger partial charge is 0.450 e. The number of anilines is 1. The van der Waals surface area contributed by atoms with Crippen LogP contribution in [0.15, 0.2) is 29.2 Å². The van der Waals surface area contributed by atoms with Gasteiger partial charge in [-0.25, -0.2) is 4.79 Å². The first-order valence-electron chi connectivity index (χ1n) is 9.09. The second-order valence-corrected chi connectivity index (χ2v) is 8.12. The van der Waals surface area contributed by atoms with E-state index in [2.05, 4.69) is 13.0 Å². The van der Waals surface area contributed by atoms with Gasteiger partial charge < -0.3 is 14.5 Å². The molecule has 136 valence electrons. The standard InChI is InChI=1S/C19H26N2O3S/c1-3-24-19(23)20-11-9-15(10-12-20)18(22)21-13-8-14(2)25-17-7-5-4-6-16(17)21/h4-7,14-15H,3,8-13H2,1-2H3/t14-/m0/s1. The highest BCUT2D eigenvalue weighted by atomic mass is 32.2. The van der Waals surface area contributed by atoms with E-state index in [1.807, 2.05) is 41.8 Å². The van der Waals surface area contributed by atoms with Crippen LogP contribution in [0.4, 0.5) is 10.5 Å². The average Bonchev–Trinajstić information content (AvgIpc) is 2.79. The van der Waals surface area contributed by atoms with Crippen LogP contribution in [0.2, 0.25) is 0 Å². The zero-order chi connectivity index (χ0) is 17.8. The fourth-order valence-electron chi connectivity index (χ4n) is 3.46. The molecule has 0 radical (unpaired) electrons. The Hall–Kier alpha value is -1.69. The highest BCUT2D eigenvalue weighted by molar-refractivity contribution is 8.00. The minimum Gasteiger partial charge on any atom is -0.450 e. The lowest BCUT2D eigenvalue weighted by Gasteiger charge is -2.33. The van der Waals surface area contributed by atoms with Crippen LogP contribution < -0.4 is 4.90 Å². The highest BCUT2D eigenvalue weighted by Crippen LogP contribution is 2.38. The summed E-state index contributed by atoms with van der Waals surface area (Å²) in [6, 6.07) is 8.18. The van der Waals surface area contributed by atoms with Crippen molar-refractivity contribution in [3.8, 4) is 0 Å². The number of likely N-dealkylation sites (tertiary alicyclic amines) is 1. The van der Waals surface area contributed by atoms with Gasteiger partial charge in [-0.05, 0) is 38.3 Å². The van der Waals surface area contributed by atoms with E-state index in [4.69, 9.17) is 4.74 Å². The van der Waals surface area contributed by atoms with Crippen LogP contribution in [0.1, 0.15) is 33.1 Å². The van der Waals surface area contributed by atoms with Crippen molar-refractivity contribution in [2.45, 2.75) is 43.3 Å². The van der Waals surface area contributed by atoms with Crippen molar-refractivity contribution < 1.29 is 14.3 Å². The number of carbonyl (C=O) groups excluding carboxylic acids is 2. The summed E-state index contributed by atoms with van der Waals surface area (Å²) in [7, 11) is 0. The molecule has 0 bridgehead atoms. The van der Waals surface area contributed by atoms with E-state index in [1.165, 1.54) is 4.90 Å². The summed E-state index contributed by atoms with van der Waals surface area (Å²) in [5.41, 5.74) is 1.04. The molecule has 0 spiro atoms. The number of carbonyl (C=O) groups is 2. The molecule has 0 unspecified atom stereocenters. The molecule has 1 fully saturated rings. The summed E-state index contributed by atoms with van der Waals surface area (Å²) in [6.45, 7) is 6.36. The minimum atomic E-state index is -0.265. The Morgan fingerprint density at radius 1 is 1.16 bits per heavy atom. The molecule has 5 nitrogen and oxygen atoms in total. The second-order valence-electron chi connectivity index (χ2n) is 6.63. The van der Waals surface area contributed by atoms with Crippen LogP contribution in [-0.4, -0.2) is 48.4 Å². The van der Waals surface area contributed by atoms with Crippen LogP contribution in [0.3, 0.4) is 0 Å². The van der Waals surface area contributed by atoms with E-state index < -0.39 is 0 Å². The van der Waals surface area contributed by atoms with Crippen LogP contribution in [0, 0.1) is 5.92 Å². The predicted octanol–water partition coefficient (Wildman–Crippen LogP) is 3.77. The van der Waals surface area contributed by atoms with E-state index in [0.29, 0.717) is 37.8 Å². The number of para-hydroxylation sites is 1. The molecule has 0 aromatic heterocycles. The predicted molar refractivity (Wildman–Crippen MR) is 100 cm³/mol. The number of benzene rings is 1. The summed E-state index contributed by atoms with van der Waals surface area (Å²) in [4.78, 5) is 29.9. The van der Waals surface area contributed by atoms with Gasteiger partial charge >= 0.3 is 6.09 Å². The number of rotatable bonds is 2. The molecule has 1 aromatic rings. The monoisotopic (exact) mass is 362 g/mol. The Morgan fingerprint density at radius 2 is 1.88 bits per heavy atom. The molecule has 1 saturated heterocycles. The molecule has 0 aliphatic carbocycles. The van der Waals surface area contributed by atoms with E-state index in [9.17, 15) is 9.59 Å². The fraction of sp³-hybridized carbons (Fsp3) is 0.579. The van der Waals surface area contributed by atoms with Crippen LogP contribution in [0.5, 0.6) is 0 Å². The first-order valence-corrected chi connectivity index (χ1v) is 9.97. The third kappa shape index (κ3) is 4.11. The normalized spacial score (nSPS) is 21.4. The van der Waals surface area contributed by atoms with E-state index in [1.54, 1.807) is 4.90 Å². The summed E-state index contributed by atoms with van der Waals surface area (Å²) in [5.74, 6) is 0.183. The Bertz CT molecular complexity index is 629. The number of thioether (sulfide) groups is 1. The number of amides is 2. The highest BCUT2D eigenvalue weighted by Gasteiger charge is 2.33. The van der Waals surface area contributed by atoms with Gasteiger partial charge in [-0.3, -0.25) is 4.79 Å². The Balaban J connectivity index is 1.68. The van der Waals surface area contributed by atoms with Crippen molar-refractivity contribution in [3.63, 3.8) is 0 Å². The molecular weight excluding hydrogens is 336 g/mol. The minimum absolute atomic E-state index is 0.0165. The third-order valence-corrected chi connectivity index (χ3v) is 6.12. The molecule has 0 saturated carbocycles. The fourth-order valence-corrected chi connectivity index (χ4v) is 4.57. The van der Waals surface area contributed by atoms with Gasteiger partial charge in [0.2, 0.25) is 5.91 Å². The zero-order valence-electron chi connectivity index (χ0n) is 14.9. The molecule has 1 aromatic carbocycles. The first kappa shape index (κ1) is 18.1. The van der Waals surface area contributed by atoms with Gasteiger partial charge in [0.1, 0.15) is 0 Å². The number of ether oxygens (including phenoxy) is 1. The molecule has 2 amide bonds. The first-order chi connectivity index (χ1) is 12.1. The molecule has 25 heavy (non-hydrogen) atoms. The van der Waals surface area contributed by atoms with Crippen molar-refractivity contribution in [2.75, 3.05) is 31.1 Å². The lowest BCUT2D eigenvalue weighted by atomic mass is 9.95. The van der Waals surface area contributed by atoms with Crippen molar-refractivity contribution in [3.05, 3.63) is 24.3 Å². The molecule has 2 aliphatic heterocycles. The molecule has 1 atom stereocenters. The lowest BCUT2D eigenvalue weighted by Crippen LogP contribution is -2.45. The SMILES string of the molecule is CCOC(=O)N1CCC(C(=O)N2CC[C@H](C)Sc3ccccc32)CC1. The lowest BCUT2D eigenvalue weighted by molar-refractivity contribution is -0.123. The number of nitrogens with zero attached hydrogens (tertiary/aromatic N) is 2. The second kappa shape index (κ2) is 8.13. The van der Waals surface area contributed by atoms with Crippen molar-refractivity contribution >= 4 is 29.4 Å². The maximum atomic E-state index is 13.2. The Morgan fingerprint density at radius 3 is 2.60 bits per heavy atom. The third-order valence-electron chi connectivity index (χ3n) is 4.88. The van der Waals surface area contributed by atoms with Gasteiger partial charge in [0.15, 0.2) is 0 Å². The molecule has 2 aliphatic rings. The Kier molecular flexibility index (Phi) is 5.89. The van der Waals surface area contributed by atoms with Gasteiger partial charge in [0.25, 0.3) is 0 Å². The van der Waals surface area contributed by atoms with E-state index in [0.717, 1.165) is 18.7 Å². The molecule has 2 heterocycles. The van der Waals surface area contributed by atoms with Gasteiger partial charge in [-0.1, -0.05) is 19.1 Å². The number of hydrogen-bond acceptors (Lipinski definition) is 4. The van der Waals surface area contributed by atoms with Crippen molar-refractivity contribution in [1.82, 2.24) is 4.90 Å². The zero-order valence-corrected chi connectivity index (χ0v) is 15.8. The summed E-state index contributed by atoms with van der Waals surface area (Å²) < 4.78 is 5.06. The average molecular weight is 362 g/mol. The molecule has 3 rings (SSSR count). The summed E-state index contributed by atoms with van der Waals surface area (Å²) in [6.07, 6.45) is 2.14. The van der Waals surface area contributed by atoms with Crippen LogP contribution in [0.25, 0.3) is 0 Å². The number of piperidine rings is 1. The maximum Gasteiger partial charge on any atom is 0.409 e. The maximum absolute atomic E-state index is 13.2. The topological polar surface area (TPSA) is 49.9 Å². The van der Waals surface area contributed by atoms with Crippen LogP contribution in [-0.2, 0) is 9.53 Å². The smallest absolute Gasteiger partial charge is 0.409 e. The summed E-state index contributed by atoms with van der Waals surface area (Å²) in [5, 5.41) is 0.504. The molecular formula is C19H26N2O3S. The van der Waals surface area contributed by atoms with Gasteiger partial charge in [-0.15, -0.1) is 11.8 Å². The van der Waals surface area contributed by atoms with E-state index in [-0.39, 0.29) is 17.9 Å².